The monoisotopic (exact) mass is 488 g/mol. The van der Waals surface area contributed by atoms with Crippen molar-refractivity contribution in [2.24, 2.45) is 0 Å². The van der Waals surface area contributed by atoms with Crippen molar-refractivity contribution in [1.82, 2.24) is 4.98 Å². The number of ether oxygens (including phenoxy) is 2. The number of anilines is 1. The number of pyridine rings is 1. The molecule has 1 saturated carbocycles. The van der Waals surface area contributed by atoms with E-state index < -0.39 is 17.7 Å². The van der Waals surface area contributed by atoms with Crippen molar-refractivity contribution in [3.05, 3.63) is 83.9 Å². The summed E-state index contributed by atoms with van der Waals surface area (Å²) in [4.78, 5) is 29.4. The van der Waals surface area contributed by atoms with Crippen LogP contribution >= 0.6 is 0 Å². The molecule has 0 spiro atoms. The molecule has 2 N–H and O–H groups in total. The minimum Gasteiger partial charge on any atom is -0.478 e. The van der Waals surface area contributed by atoms with Crippen LogP contribution in [-0.4, -0.2) is 28.3 Å². The molecule has 36 heavy (non-hydrogen) atoms. The third-order valence-corrected chi connectivity index (χ3v) is 6.52. The van der Waals surface area contributed by atoms with E-state index >= 15 is 0 Å². The lowest BCUT2D eigenvalue weighted by Gasteiger charge is -2.18. The number of nitrogens with zero attached hydrogens (tertiary/aromatic N) is 1. The van der Waals surface area contributed by atoms with Crippen molar-refractivity contribution >= 4 is 28.5 Å². The van der Waals surface area contributed by atoms with E-state index in [9.17, 15) is 23.5 Å². The quantitative estimate of drug-likeness (QED) is 0.380. The molecule has 1 aliphatic heterocycles. The van der Waals surface area contributed by atoms with Crippen molar-refractivity contribution in [1.29, 1.82) is 0 Å². The van der Waals surface area contributed by atoms with E-state index in [1.165, 1.54) is 18.2 Å². The Morgan fingerprint density at radius 3 is 2.42 bits per heavy atom. The molecule has 180 valence electrons. The second kappa shape index (κ2) is 7.74. The SMILES string of the molecule is O=C(O)c1ccc(-c2nc(NC(=O)C3(c4cccc5c4OC(F)(F)O5)CC3)cc3ccccc23)cc1. The van der Waals surface area contributed by atoms with Crippen LogP contribution in [0.2, 0.25) is 0 Å². The van der Waals surface area contributed by atoms with E-state index in [-0.39, 0.29) is 28.8 Å². The first-order chi connectivity index (χ1) is 17.3. The van der Waals surface area contributed by atoms with Crippen molar-refractivity contribution < 1.29 is 33.0 Å². The maximum Gasteiger partial charge on any atom is 0.586 e. The molecule has 9 heteroatoms. The van der Waals surface area contributed by atoms with Gasteiger partial charge >= 0.3 is 12.3 Å². The second-order valence-electron chi connectivity index (χ2n) is 8.80. The maximum absolute atomic E-state index is 13.7. The number of rotatable bonds is 5. The third-order valence-electron chi connectivity index (χ3n) is 6.52. The van der Waals surface area contributed by atoms with Crippen molar-refractivity contribution in [2.45, 2.75) is 24.6 Å². The Labute approximate surface area is 203 Å². The largest absolute Gasteiger partial charge is 0.586 e. The summed E-state index contributed by atoms with van der Waals surface area (Å²) >= 11 is 0. The van der Waals surface area contributed by atoms with Crippen LogP contribution in [-0.2, 0) is 10.2 Å². The number of carbonyl (C=O) groups is 2. The van der Waals surface area contributed by atoms with Crippen LogP contribution in [0, 0.1) is 0 Å². The van der Waals surface area contributed by atoms with Crippen LogP contribution in [0.5, 0.6) is 11.5 Å². The molecule has 7 nitrogen and oxygen atoms in total. The molecular weight excluding hydrogens is 470 g/mol. The summed E-state index contributed by atoms with van der Waals surface area (Å²) in [5, 5.41) is 13.7. The van der Waals surface area contributed by atoms with Crippen molar-refractivity contribution in [3.8, 4) is 22.8 Å². The predicted octanol–water partition coefficient (Wildman–Crippen LogP) is 5.59. The Morgan fingerprint density at radius 2 is 1.69 bits per heavy atom. The number of fused-ring (bicyclic) bond motifs is 2. The van der Waals surface area contributed by atoms with E-state index in [1.807, 2.05) is 24.3 Å². The first-order valence-corrected chi connectivity index (χ1v) is 11.2. The summed E-state index contributed by atoms with van der Waals surface area (Å²) < 4.78 is 36.7. The van der Waals surface area contributed by atoms with Crippen LogP contribution in [0.25, 0.3) is 22.0 Å². The minimum absolute atomic E-state index is 0.104. The highest BCUT2D eigenvalue weighted by Crippen LogP contribution is 2.56. The van der Waals surface area contributed by atoms with Gasteiger partial charge in [-0.1, -0.05) is 48.5 Å². The molecule has 0 unspecified atom stereocenters. The number of halogens is 2. The van der Waals surface area contributed by atoms with Gasteiger partial charge in [-0.05, 0) is 42.5 Å². The average Bonchev–Trinajstić information content (AvgIpc) is 3.60. The zero-order valence-corrected chi connectivity index (χ0v) is 18.6. The highest BCUT2D eigenvalue weighted by atomic mass is 19.3. The van der Waals surface area contributed by atoms with Crippen LogP contribution < -0.4 is 14.8 Å². The lowest BCUT2D eigenvalue weighted by molar-refractivity contribution is -0.287. The Morgan fingerprint density at radius 1 is 0.944 bits per heavy atom. The Bertz CT molecular complexity index is 1550. The zero-order valence-electron chi connectivity index (χ0n) is 18.6. The number of nitrogens with one attached hydrogen (secondary N) is 1. The lowest BCUT2D eigenvalue weighted by Crippen LogP contribution is -2.29. The van der Waals surface area contributed by atoms with Gasteiger partial charge in [0.1, 0.15) is 5.82 Å². The van der Waals surface area contributed by atoms with E-state index in [2.05, 4.69) is 15.0 Å². The van der Waals surface area contributed by atoms with Gasteiger partial charge in [-0.3, -0.25) is 4.79 Å². The number of carboxylic acid groups (broad SMARTS) is 1. The van der Waals surface area contributed by atoms with Crippen LogP contribution in [0.15, 0.2) is 72.8 Å². The number of benzene rings is 3. The van der Waals surface area contributed by atoms with Gasteiger partial charge in [0, 0.05) is 16.5 Å². The zero-order chi connectivity index (χ0) is 25.1. The highest BCUT2D eigenvalue weighted by molar-refractivity contribution is 6.04. The fraction of sp³-hybridized carbons (Fsp3) is 0.148. The number of carboxylic acids is 1. The van der Waals surface area contributed by atoms with Gasteiger partial charge in [-0.2, -0.15) is 0 Å². The number of alkyl halides is 2. The molecule has 2 aliphatic rings. The van der Waals surface area contributed by atoms with Gasteiger partial charge in [0.15, 0.2) is 11.5 Å². The van der Waals surface area contributed by atoms with E-state index in [1.54, 1.807) is 30.3 Å². The molecule has 6 rings (SSSR count). The summed E-state index contributed by atoms with van der Waals surface area (Å²) in [5.74, 6) is -1.36. The number of hydrogen-bond donors (Lipinski definition) is 2. The highest BCUT2D eigenvalue weighted by Gasteiger charge is 2.56. The van der Waals surface area contributed by atoms with Gasteiger partial charge < -0.3 is 19.9 Å². The molecule has 0 radical (unpaired) electrons. The fourth-order valence-corrected chi connectivity index (χ4v) is 4.58. The second-order valence-corrected chi connectivity index (χ2v) is 8.80. The molecule has 0 bridgehead atoms. The third kappa shape index (κ3) is 3.60. The maximum atomic E-state index is 13.7. The van der Waals surface area contributed by atoms with Gasteiger partial charge in [0.2, 0.25) is 5.91 Å². The summed E-state index contributed by atoms with van der Waals surface area (Å²) in [6.45, 7) is 0. The topological polar surface area (TPSA) is 97.8 Å². The molecule has 1 aliphatic carbocycles. The first kappa shape index (κ1) is 22.0. The summed E-state index contributed by atoms with van der Waals surface area (Å²) in [5.41, 5.74) is 0.714. The number of carbonyl (C=O) groups excluding carboxylic acids is 1. The average molecular weight is 488 g/mol. The number of hydrogen-bond acceptors (Lipinski definition) is 5. The molecule has 1 aromatic heterocycles. The molecule has 0 saturated heterocycles. The molecule has 4 aromatic rings. The van der Waals surface area contributed by atoms with Gasteiger partial charge in [0.25, 0.3) is 0 Å². The van der Waals surface area contributed by atoms with E-state index in [4.69, 9.17) is 4.74 Å². The van der Waals surface area contributed by atoms with E-state index in [0.717, 1.165) is 10.8 Å². The molecule has 2 heterocycles. The first-order valence-electron chi connectivity index (χ1n) is 11.2. The Hall–Kier alpha value is -4.53. The fourth-order valence-electron chi connectivity index (χ4n) is 4.58. The number of aromatic nitrogens is 1. The number of para-hydroxylation sites is 1. The molecule has 3 aromatic carbocycles. The molecular formula is C27H18F2N2O5. The predicted molar refractivity (Wildman–Crippen MR) is 126 cm³/mol. The number of aromatic carboxylic acids is 1. The van der Waals surface area contributed by atoms with Gasteiger partial charge in [0.05, 0.1) is 16.7 Å². The summed E-state index contributed by atoms with van der Waals surface area (Å²) in [6.07, 6.45) is -2.86. The lowest BCUT2D eigenvalue weighted by atomic mass is 9.93. The summed E-state index contributed by atoms with van der Waals surface area (Å²) in [6, 6.07) is 20.1. The Balaban J connectivity index is 1.36. The van der Waals surface area contributed by atoms with E-state index in [0.29, 0.717) is 29.7 Å². The normalized spacial score (nSPS) is 16.5. The number of amides is 1. The minimum atomic E-state index is -3.78. The smallest absolute Gasteiger partial charge is 0.478 e. The van der Waals surface area contributed by atoms with Crippen LogP contribution in [0.3, 0.4) is 0 Å². The standard InChI is InChI=1S/C27H18F2N2O5/c28-27(29)35-20-7-3-6-19(23(20)36-27)26(12-13-26)25(34)31-21-14-17-4-1-2-5-18(17)22(30-21)15-8-10-16(11-9-15)24(32)33/h1-11,14H,12-13H2,(H,32,33)(H,30,31,34). The Kier molecular flexibility index (Phi) is 4.72. The molecule has 1 fully saturated rings. The molecule has 1 amide bonds. The van der Waals surface area contributed by atoms with Crippen LogP contribution in [0.1, 0.15) is 28.8 Å². The van der Waals surface area contributed by atoms with Gasteiger partial charge in [-0.15, -0.1) is 8.78 Å². The van der Waals surface area contributed by atoms with Crippen molar-refractivity contribution in [2.75, 3.05) is 5.32 Å². The van der Waals surface area contributed by atoms with Crippen molar-refractivity contribution in [3.63, 3.8) is 0 Å². The molecule has 0 atom stereocenters. The van der Waals surface area contributed by atoms with Gasteiger partial charge in [-0.25, -0.2) is 9.78 Å². The summed E-state index contributed by atoms with van der Waals surface area (Å²) in [7, 11) is 0. The van der Waals surface area contributed by atoms with Crippen LogP contribution in [0.4, 0.5) is 14.6 Å².